The summed E-state index contributed by atoms with van der Waals surface area (Å²) in [4.78, 5) is 24.5. The van der Waals surface area contributed by atoms with Crippen molar-refractivity contribution in [2.75, 3.05) is 13.2 Å². The van der Waals surface area contributed by atoms with Crippen LogP contribution in [0.4, 0.5) is 4.39 Å². The first-order valence-electron chi connectivity index (χ1n) is 10.4. The number of hydrazone groups is 1. The van der Waals surface area contributed by atoms with Crippen molar-refractivity contribution in [3.05, 3.63) is 88.1 Å². The quantitative estimate of drug-likeness (QED) is 0.171. The lowest BCUT2D eigenvalue weighted by atomic mass is 10.2. The molecule has 7 nitrogen and oxygen atoms in total. The van der Waals surface area contributed by atoms with Crippen LogP contribution in [-0.4, -0.2) is 31.3 Å². The number of ether oxygens (including phenoxy) is 3. The molecule has 34 heavy (non-hydrogen) atoms. The Morgan fingerprint density at radius 2 is 1.68 bits per heavy atom. The molecule has 0 bridgehead atoms. The fourth-order valence-corrected chi connectivity index (χ4v) is 3.04. The fraction of sp³-hybridized carbons (Fsp3) is 0.160. The maximum absolute atomic E-state index is 12.9. The number of carbonyl (C=O) groups excluding carboxylic acids is 2. The third kappa shape index (κ3) is 7.70. The van der Waals surface area contributed by atoms with E-state index in [1.807, 2.05) is 6.92 Å². The summed E-state index contributed by atoms with van der Waals surface area (Å²) in [6.07, 6.45) is 2.24. The van der Waals surface area contributed by atoms with E-state index in [0.29, 0.717) is 29.2 Å². The van der Waals surface area contributed by atoms with E-state index in [9.17, 15) is 14.0 Å². The monoisotopic (exact) mass is 528 g/mol. The summed E-state index contributed by atoms with van der Waals surface area (Å²) in [6, 6.07) is 17.0. The van der Waals surface area contributed by atoms with Gasteiger partial charge in [-0.3, -0.25) is 4.79 Å². The molecule has 0 saturated heterocycles. The van der Waals surface area contributed by atoms with Crippen molar-refractivity contribution in [1.82, 2.24) is 5.43 Å². The summed E-state index contributed by atoms with van der Waals surface area (Å²) in [5.41, 5.74) is 3.15. The third-order valence-corrected chi connectivity index (χ3v) is 4.81. The van der Waals surface area contributed by atoms with E-state index in [1.54, 1.807) is 42.5 Å². The number of rotatable bonds is 10. The molecule has 0 saturated carbocycles. The molecular weight excluding hydrogens is 507 g/mol. The highest BCUT2D eigenvalue weighted by Gasteiger charge is 2.12. The summed E-state index contributed by atoms with van der Waals surface area (Å²) in [6.45, 7) is 2.31. The minimum Gasteiger partial charge on any atom is -0.494 e. The van der Waals surface area contributed by atoms with Crippen LogP contribution in [0.5, 0.6) is 17.2 Å². The lowest BCUT2D eigenvalue weighted by molar-refractivity contribution is -0.123. The van der Waals surface area contributed by atoms with Gasteiger partial charge in [-0.25, -0.2) is 14.6 Å². The van der Waals surface area contributed by atoms with Crippen molar-refractivity contribution in [3.8, 4) is 17.2 Å². The minimum atomic E-state index is -0.546. The van der Waals surface area contributed by atoms with Gasteiger partial charge in [-0.2, -0.15) is 5.10 Å². The lowest BCUT2D eigenvalue weighted by Crippen LogP contribution is -2.24. The predicted molar refractivity (Wildman–Crippen MR) is 129 cm³/mol. The average molecular weight is 529 g/mol. The number of hydrogen-bond acceptors (Lipinski definition) is 6. The van der Waals surface area contributed by atoms with Gasteiger partial charge in [0.2, 0.25) is 0 Å². The van der Waals surface area contributed by atoms with Crippen LogP contribution in [-0.2, 0) is 4.79 Å². The molecule has 0 aromatic heterocycles. The van der Waals surface area contributed by atoms with Crippen molar-refractivity contribution in [3.63, 3.8) is 0 Å². The van der Waals surface area contributed by atoms with E-state index in [0.717, 1.165) is 10.9 Å². The number of hydrogen-bond donors (Lipinski definition) is 1. The van der Waals surface area contributed by atoms with Gasteiger partial charge in [-0.15, -0.1) is 0 Å². The number of nitrogens with zero attached hydrogens (tertiary/aromatic N) is 1. The van der Waals surface area contributed by atoms with E-state index in [4.69, 9.17) is 14.2 Å². The van der Waals surface area contributed by atoms with Gasteiger partial charge in [-0.1, -0.05) is 22.9 Å². The second-order valence-corrected chi connectivity index (χ2v) is 7.90. The van der Waals surface area contributed by atoms with Crippen LogP contribution in [0.25, 0.3) is 0 Å². The molecule has 0 spiro atoms. The van der Waals surface area contributed by atoms with Gasteiger partial charge in [0.1, 0.15) is 23.1 Å². The molecule has 0 radical (unpaired) electrons. The number of nitrogens with one attached hydrogen (secondary N) is 1. The second kappa shape index (κ2) is 12.5. The van der Waals surface area contributed by atoms with Crippen LogP contribution < -0.4 is 19.6 Å². The molecule has 3 aromatic carbocycles. The van der Waals surface area contributed by atoms with Gasteiger partial charge in [0.25, 0.3) is 5.91 Å². The Hall–Kier alpha value is -3.72. The zero-order valence-electron chi connectivity index (χ0n) is 18.3. The molecule has 0 heterocycles. The Bertz CT molecular complexity index is 1150. The van der Waals surface area contributed by atoms with E-state index in [1.165, 1.54) is 30.5 Å². The van der Waals surface area contributed by atoms with Crippen LogP contribution in [0.1, 0.15) is 29.3 Å². The lowest BCUT2D eigenvalue weighted by Gasteiger charge is -2.09. The van der Waals surface area contributed by atoms with Crippen molar-refractivity contribution in [1.29, 1.82) is 0 Å². The molecule has 1 amide bonds. The number of carbonyl (C=O) groups is 2. The molecule has 1 N–H and O–H groups in total. The van der Waals surface area contributed by atoms with Gasteiger partial charge < -0.3 is 14.2 Å². The van der Waals surface area contributed by atoms with Gasteiger partial charge in [0.05, 0.1) is 18.4 Å². The standard InChI is InChI=1S/C25H22BrFN2O5/c1-2-13-32-21-8-3-17(4-9-21)25(31)34-23-12-5-19(26)14-18(23)15-28-29-24(30)16-33-22-10-6-20(27)7-11-22/h3-12,14-15H,2,13,16H2,1H3,(H,29,30)/b28-15-. The number of halogens is 2. The van der Waals surface area contributed by atoms with Crippen LogP contribution in [0.3, 0.4) is 0 Å². The normalized spacial score (nSPS) is 10.7. The summed E-state index contributed by atoms with van der Waals surface area (Å²) < 4.78 is 29.9. The van der Waals surface area contributed by atoms with E-state index < -0.39 is 17.7 Å². The summed E-state index contributed by atoms with van der Waals surface area (Å²) >= 11 is 3.36. The van der Waals surface area contributed by atoms with E-state index in [2.05, 4.69) is 26.5 Å². The molecule has 176 valence electrons. The molecule has 3 aromatic rings. The Labute approximate surface area is 204 Å². The second-order valence-electron chi connectivity index (χ2n) is 6.98. The predicted octanol–water partition coefficient (Wildman–Crippen LogP) is 5.13. The van der Waals surface area contributed by atoms with Crippen LogP contribution in [0, 0.1) is 5.82 Å². The Kier molecular flexibility index (Phi) is 9.16. The van der Waals surface area contributed by atoms with Crippen molar-refractivity contribution < 1.29 is 28.2 Å². The first-order valence-corrected chi connectivity index (χ1v) is 11.2. The van der Waals surface area contributed by atoms with Gasteiger partial charge in [-0.05, 0) is 73.2 Å². The maximum Gasteiger partial charge on any atom is 0.343 e. The Balaban J connectivity index is 1.59. The Morgan fingerprint density at radius 3 is 2.38 bits per heavy atom. The van der Waals surface area contributed by atoms with Crippen molar-refractivity contribution in [2.45, 2.75) is 13.3 Å². The minimum absolute atomic E-state index is 0.264. The highest BCUT2D eigenvalue weighted by molar-refractivity contribution is 9.10. The first kappa shape index (κ1) is 24.9. The van der Waals surface area contributed by atoms with Crippen LogP contribution >= 0.6 is 15.9 Å². The number of esters is 1. The molecular formula is C25H22BrFN2O5. The van der Waals surface area contributed by atoms with Gasteiger partial charge in [0, 0.05) is 10.0 Å². The molecule has 0 aliphatic rings. The third-order valence-electron chi connectivity index (χ3n) is 4.31. The van der Waals surface area contributed by atoms with Crippen LogP contribution in [0.2, 0.25) is 0 Å². The van der Waals surface area contributed by atoms with Crippen molar-refractivity contribution >= 4 is 34.0 Å². The zero-order chi connectivity index (χ0) is 24.3. The molecule has 0 aliphatic carbocycles. The molecule has 9 heteroatoms. The molecule has 0 aliphatic heterocycles. The summed E-state index contributed by atoms with van der Waals surface area (Å²) in [7, 11) is 0. The average Bonchev–Trinajstić information content (AvgIpc) is 2.84. The largest absolute Gasteiger partial charge is 0.494 e. The molecule has 0 atom stereocenters. The van der Waals surface area contributed by atoms with Crippen LogP contribution in [0.15, 0.2) is 76.3 Å². The first-order chi connectivity index (χ1) is 16.4. The molecule has 0 fully saturated rings. The highest BCUT2D eigenvalue weighted by Crippen LogP contribution is 2.23. The fourth-order valence-electron chi connectivity index (χ4n) is 2.66. The SMILES string of the molecule is CCCOc1ccc(C(=O)Oc2ccc(Br)cc2/C=N\NC(=O)COc2ccc(F)cc2)cc1. The molecule has 3 rings (SSSR count). The Morgan fingerprint density at radius 1 is 1.00 bits per heavy atom. The zero-order valence-corrected chi connectivity index (χ0v) is 19.9. The maximum atomic E-state index is 12.9. The number of amides is 1. The van der Waals surface area contributed by atoms with Gasteiger partial charge in [0.15, 0.2) is 6.61 Å². The number of benzene rings is 3. The van der Waals surface area contributed by atoms with Crippen molar-refractivity contribution in [2.24, 2.45) is 5.10 Å². The highest BCUT2D eigenvalue weighted by atomic mass is 79.9. The van der Waals surface area contributed by atoms with Gasteiger partial charge >= 0.3 is 5.97 Å². The van der Waals surface area contributed by atoms with E-state index in [-0.39, 0.29) is 12.4 Å². The smallest absolute Gasteiger partial charge is 0.343 e. The topological polar surface area (TPSA) is 86.2 Å². The van der Waals surface area contributed by atoms with E-state index >= 15 is 0 Å². The summed E-state index contributed by atoms with van der Waals surface area (Å²) in [5, 5.41) is 3.90. The molecule has 0 unspecified atom stereocenters. The summed E-state index contributed by atoms with van der Waals surface area (Å²) in [5.74, 6) is -0.166.